The topological polar surface area (TPSA) is 66.8 Å². The highest BCUT2D eigenvalue weighted by Gasteiger charge is 2.49. The Labute approximate surface area is 112 Å². The van der Waals surface area contributed by atoms with Gasteiger partial charge in [0.05, 0.1) is 6.61 Å². The van der Waals surface area contributed by atoms with Crippen molar-refractivity contribution in [3.05, 3.63) is 34.9 Å². The Balaban J connectivity index is 2.13. The second-order valence-corrected chi connectivity index (χ2v) is 5.68. The van der Waals surface area contributed by atoms with Crippen LogP contribution in [0.3, 0.4) is 0 Å². The number of esters is 1. The minimum absolute atomic E-state index is 0.124. The molecule has 0 bridgehead atoms. The molecule has 0 radical (unpaired) electrons. The summed E-state index contributed by atoms with van der Waals surface area (Å²) in [5, 5.41) is 20.1. The zero-order valence-corrected chi connectivity index (χ0v) is 11.0. The van der Waals surface area contributed by atoms with Crippen LogP contribution in [0.15, 0.2) is 34.9 Å². The van der Waals surface area contributed by atoms with Crippen LogP contribution in [0.2, 0.25) is 0 Å². The van der Waals surface area contributed by atoms with E-state index in [0.29, 0.717) is 17.6 Å². The van der Waals surface area contributed by atoms with Gasteiger partial charge in [-0.15, -0.1) is 0 Å². The van der Waals surface area contributed by atoms with Gasteiger partial charge in [-0.3, -0.25) is 0 Å². The molecule has 0 amide bonds. The van der Waals surface area contributed by atoms with Crippen molar-refractivity contribution < 1.29 is 19.7 Å². The minimum Gasteiger partial charge on any atom is -0.422 e. The molecule has 102 valence electrons. The van der Waals surface area contributed by atoms with Crippen molar-refractivity contribution in [3.8, 4) is 0 Å². The summed E-state index contributed by atoms with van der Waals surface area (Å²) in [4.78, 5) is 11.7. The lowest BCUT2D eigenvalue weighted by Gasteiger charge is -2.21. The third kappa shape index (κ3) is 1.70. The quantitative estimate of drug-likeness (QED) is 0.554. The summed E-state index contributed by atoms with van der Waals surface area (Å²) in [6, 6.07) is 0. The van der Waals surface area contributed by atoms with E-state index in [2.05, 4.69) is 6.58 Å². The fraction of sp³-hybridized carbons (Fsp3) is 0.533. The smallest absolute Gasteiger partial charge is 0.336 e. The number of carbonyl (C=O) groups is 1. The maximum absolute atomic E-state index is 11.7. The first kappa shape index (κ1) is 12.6. The zero-order chi connectivity index (χ0) is 13.8. The average molecular weight is 262 g/mol. The molecule has 4 heteroatoms. The van der Waals surface area contributed by atoms with Crippen molar-refractivity contribution >= 4 is 5.97 Å². The van der Waals surface area contributed by atoms with Gasteiger partial charge in [0.15, 0.2) is 0 Å². The summed E-state index contributed by atoms with van der Waals surface area (Å²) in [7, 11) is 0. The summed E-state index contributed by atoms with van der Waals surface area (Å²) < 4.78 is 5.10. The number of aliphatic hydroxyl groups is 2. The number of hydrogen-bond donors (Lipinski definition) is 2. The van der Waals surface area contributed by atoms with Crippen LogP contribution in [0.5, 0.6) is 0 Å². The molecule has 1 aliphatic heterocycles. The maximum Gasteiger partial charge on any atom is 0.336 e. The van der Waals surface area contributed by atoms with E-state index in [1.54, 1.807) is 6.92 Å². The van der Waals surface area contributed by atoms with E-state index in [0.717, 1.165) is 24.0 Å². The van der Waals surface area contributed by atoms with Crippen LogP contribution in [0.1, 0.15) is 26.2 Å². The minimum atomic E-state index is -1.66. The number of hydrogen-bond acceptors (Lipinski definition) is 4. The lowest BCUT2D eigenvalue weighted by molar-refractivity contribution is -0.167. The molecule has 3 aliphatic rings. The first-order valence-corrected chi connectivity index (χ1v) is 6.62. The molecule has 2 N–H and O–H groups in total. The van der Waals surface area contributed by atoms with Gasteiger partial charge in [-0.1, -0.05) is 12.2 Å². The second kappa shape index (κ2) is 4.05. The Morgan fingerprint density at radius 3 is 2.95 bits per heavy atom. The summed E-state index contributed by atoms with van der Waals surface area (Å²) in [5.41, 5.74) is 2.99. The fourth-order valence-corrected chi connectivity index (χ4v) is 3.57. The molecule has 3 atom stereocenters. The van der Waals surface area contributed by atoms with Gasteiger partial charge in [0, 0.05) is 11.1 Å². The first-order valence-electron chi connectivity index (χ1n) is 6.62. The number of fused-ring (bicyclic) bond motifs is 2. The van der Waals surface area contributed by atoms with Crippen LogP contribution in [0, 0.1) is 11.8 Å². The number of ether oxygens (including phenoxy) is 1. The van der Waals surface area contributed by atoms with E-state index < -0.39 is 11.8 Å². The van der Waals surface area contributed by atoms with E-state index in [-0.39, 0.29) is 18.4 Å². The molecule has 1 fully saturated rings. The third-order valence-corrected chi connectivity index (χ3v) is 4.69. The van der Waals surface area contributed by atoms with Crippen LogP contribution in [0.25, 0.3) is 0 Å². The Bertz CT molecular complexity index is 528. The van der Waals surface area contributed by atoms with E-state index in [1.165, 1.54) is 6.08 Å². The fourth-order valence-electron chi connectivity index (χ4n) is 3.57. The molecular formula is C15H18O4. The Morgan fingerprint density at radius 2 is 2.26 bits per heavy atom. The van der Waals surface area contributed by atoms with Crippen LogP contribution in [0.4, 0.5) is 0 Å². The van der Waals surface area contributed by atoms with Gasteiger partial charge in [0.2, 0.25) is 0 Å². The molecule has 3 rings (SSSR count). The van der Waals surface area contributed by atoms with Gasteiger partial charge < -0.3 is 14.9 Å². The largest absolute Gasteiger partial charge is 0.422 e. The number of allylic oxidation sites excluding steroid dienone is 1. The summed E-state index contributed by atoms with van der Waals surface area (Å²) in [5.74, 6) is -1.75. The van der Waals surface area contributed by atoms with E-state index in [4.69, 9.17) is 4.74 Å². The van der Waals surface area contributed by atoms with Crippen molar-refractivity contribution in [1.82, 2.24) is 0 Å². The predicted molar refractivity (Wildman–Crippen MR) is 68.9 cm³/mol. The summed E-state index contributed by atoms with van der Waals surface area (Å²) in [6.07, 6.45) is 3.98. The highest BCUT2D eigenvalue weighted by molar-refractivity contribution is 5.92. The van der Waals surface area contributed by atoms with Crippen molar-refractivity contribution in [3.63, 3.8) is 0 Å². The molecule has 1 saturated carbocycles. The van der Waals surface area contributed by atoms with Gasteiger partial charge in [-0.2, -0.15) is 0 Å². The number of rotatable bonds is 1. The number of aliphatic hydroxyl groups excluding tert-OH is 1. The van der Waals surface area contributed by atoms with E-state index in [1.807, 2.05) is 0 Å². The van der Waals surface area contributed by atoms with Crippen LogP contribution >= 0.6 is 0 Å². The highest BCUT2D eigenvalue weighted by Crippen LogP contribution is 2.50. The van der Waals surface area contributed by atoms with E-state index in [9.17, 15) is 15.0 Å². The molecule has 0 unspecified atom stereocenters. The molecule has 0 aromatic carbocycles. The predicted octanol–water partition coefficient (Wildman–Crippen LogP) is 1.45. The lowest BCUT2D eigenvalue weighted by Crippen LogP contribution is -2.29. The van der Waals surface area contributed by atoms with Gasteiger partial charge in [0.25, 0.3) is 5.79 Å². The van der Waals surface area contributed by atoms with Crippen LogP contribution < -0.4 is 0 Å². The maximum atomic E-state index is 11.7. The van der Waals surface area contributed by atoms with Crippen molar-refractivity contribution in [2.75, 3.05) is 6.61 Å². The Morgan fingerprint density at radius 1 is 1.53 bits per heavy atom. The second-order valence-electron chi connectivity index (χ2n) is 5.68. The molecule has 0 spiro atoms. The van der Waals surface area contributed by atoms with Gasteiger partial charge in [0.1, 0.15) is 0 Å². The van der Waals surface area contributed by atoms with Gasteiger partial charge >= 0.3 is 5.97 Å². The van der Waals surface area contributed by atoms with Crippen molar-refractivity contribution in [2.45, 2.75) is 32.0 Å². The zero-order valence-electron chi connectivity index (χ0n) is 11.0. The molecule has 0 saturated heterocycles. The van der Waals surface area contributed by atoms with Gasteiger partial charge in [-0.05, 0) is 49.7 Å². The SMILES string of the molecule is C=C1CC[C@@H]2C(CO)=C[C@]3(O)OC(=O)C(C)=C3C[C@H]12. The van der Waals surface area contributed by atoms with Crippen LogP contribution in [-0.2, 0) is 9.53 Å². The molecule has 0 aromatic rings. The first-order chi connectivity index (χ1) is 8.96. The van der Waals surface area contributed by atoms with Crippen molar-refractivity contribution in [2.24, 2.45) is 11.8 Å². The molecule has 2 aliphatic carbocycles. The van der Waals surface area contributed by atoms with E-state index >= 15 is 0 Å². The Hall–Kier alpha value is -1.39. The number of carbonyl (C=O) groups excluding carboxylic acids is 1. The van der Waals surface area contributed by atoms with Crippen molar-refractivity contribution in [1.29, 1.82) is 0 Å². The Kier molecular flexibility index (Phi) is 2.69. The molecule has 19 heavy (non-hydrogen) atoms. The molecule has 0 aromatic heterocycles. The monoisotopic (exact) mass is 262 g/mol. The summed E-state index contributed by atoms with van der Waals surface area (Å²) in [6.45, 7) is 5.65. The van der Waals surface area contributed by atoms with Crippen LogP contribution in [-0.4, -0.2) is 28.6 Å². The summed E-state index contributed by atoms with van der Waals surface area (Å²) >= 11 is 0. The molecule has 1 heterocycles. The standard InChI is InChI=1S/C15H18O4/c1-8-3-4-11-10(7-16)6-15(18)13(5-12(8)11)9(2)14(17)19-15/h6,11-12,16,18H,1,3-5,7H2,2H3/t11-,12-,15+/m1/s1. The van der Waals surface area contributed by atoms with Gasteiger partial charge in [-0.25, -0.2) is 4.79 Å². The molecular weight excluding hydrogens is 244 g/mol. The average Bonchev–Trinajstić information content (AvgIpc) is 2.77. The molecule has 4 nitrogen and oxygen atoms in total. The third-order valence-electron chi connectivity index (χ3n) is 4.69. The lowest BCUT2D eigenvalue weighted by atomic mass is 9.85. The normalized spacial score (nSPS) is 37.7. The highest BCUT2D eigenvalue weighted by atomic mass is 16.7.